The molecule has 0 amide bonds. The second kappa shape index (κ2) is 10.3. The SMILES string of the molecule is Cn1c(-c2ccc(C#N)cc2OC(F)(F)F)nc(-c2cccc3nn(CC(O)C4CCNCC4)cc23)c1C1CC1. The molecule has 1 saturated carbocycles. The number of imidazole rings is 1. The number of hydrogen-bond acceptors (Lipinski definition) is 6. The van der Waals surface area contributed by atoms with E-state index < -0.39 is 18.2 Å². The summed E-state index contributed by atoms with van der Waals surface area (Å²) in [6.07, 6.45) is 0.251. The number of nitrogens with zero attached hydrogens (tertiary/aromatic N) is 5. The summed E-state index contributed by atoms with van der Waals surface area (Å²) < 4.78 is 47.8. The maximum atomic E-state index is 13.3. The Morgan fingerprint density at radius 1 is 1.15 bits per heavy atom. The molecular weight excluding hydrogens is 521 g/mol. The van der Waals surface area contributed by atoms with E-state index in [1.807, 2.05) is 35.0 Å². The van der Waals surface area contributed by atoms with Crippen molar-refractivity contribution < 1.29 is 23.0 Å². The minimum atomic E-state index is -4.92. The van der Waals surface area contributed by atoms with Crippen LogP contribution in [-0.2, 0) is 13.6 Å². The van der Waals surface area contributed by atoms with Gasteiger partial charge in [0.05, 0.1) is 41.1 Å². The van der Waals surface area contributed by atoms with E-state index in [0.29, 0.717) is 18.1 Å². The third-order valence-corrected chi connectivity index (χ3v) is 7.84. The van der Waals surface area contributed by atoms with Crippen molar-refractivity contribution >= 4 is 10.9 Å². The predicted molar refractivity (Wildman–Crippen MR) is 142 cm³/mol. The van der Waals surface area contributed by atoms with Crippen molar-refractivity contribution in [2.75, 3.05) is 13.1 Å². The number of hydrogen-bond donors (Lipinski definition) is 2. The smallest absolute Gasteiger partial charge is 0.405 e. The molecule has 1 aliphatic carbocycles. The van der Waals surface area contributed by atoms with E-state index in [1.54, 1.807) is 11.7 Å². The number of benzene rings is 2. The standard InChI is InChI=1S/C29H29F3N6O2/c1-37-27(19-6-7-19)26(35-28(37)21-8-5-17(14-33)13-25(21)40-29(30,31)32)20-3-2-4-23-22(20)15-38(36-23)16-24(39)18-9-11-34-12-10-18/h2-5,8,13,15,18-19,24,34,39H,6-7,9-12,16H2,1H3. The van der Waals surface area contributed by atoms with Gasteiger partial charge in [-0.05, 0) is 69.0 Å². The lowest BCUT2D eigenvalue weighted by Crippen LogP contribution is -2.36. The molecule has 0 spiro atoms. The molecule has 1 aliphatic heterocycles. The second-order valence-corrected chi connectivity index (χ2v) is 10.6. The lowest BCUT2D eigenvalue weighted by molar-refractivity contribution is -0.274. The van der Waals surface area contributed by atoms with Gasteiger partial charge in [-0.2, -0.15) is 10.4 Å². The molecule has 2 N–H and O–H groups in total. The van der Waals surface area contributed by atoms with Gasteiger partial charge in [0.15, 0.2) is 0 Å². The molecule has 2 aromatic carbocycles. The van der Waals surface area contributed by atoms with Crippen LogP contribution in [0.25, 0.3) is 33.5 Å². The molecule has 6 rings (SSSR count). The number of aliphatic hydroxyl groups excluding tert-OH is 1. The summed E-state index contributed by atoms with van der Waals surface area (Å²) in [4.78, 5) is 4.89. The van der Waals surface area contributed by atoms with E-state index in [0.717, 1.165) is 67.0 Å². The minimum absolute atomic E-state index is 0.0590. The molecule has 2 fully saturated rings. The molecule has 1 atom stereocenters. The van der Waals surface area contributed by atoms with E-state index >= 15 is 0 Å². The lowest BCUT2D eigenvalue weighted by atomic mass is 9.92. The highest BCUT2D eigenvalue weighted by atomic mass is 19.4. The zero-order chi connectivity index (χ0) is 28.0. The summed E-state index contributed by atoms with van der Waals surface area (Å²) in [7, 11) is 1.80. The van der Waals surface area contributed by atoms with E-state index in [-0.39, 0.29) is 23.0 Å². The first-order valence-electron chi connectivity index (χ1n) is 13.4. The van der Waals surface area contributed by atoms with Crippen LogP contribution in [0.15, 0.2) is 42.6 Å². The number of aliphatic hydroxyl groups is 1. The van der Waals surface area contributed by atoms with E-state index in [2.05, 4.69) is 10.1 Å². The Labute approximate surface area is 229 Å². The first kappa shape index (κ1) is 26.3. The number of fused-ring (bicyclic) bond motifs is 1. The van der Waals surface area contributed by atoms with Crippen LogP contribution in [0.3, 0.4) is 0 Å². The molecular formula is C29H29F3N6O2. The van der Waals surface area contributed by atoms with Crippen LogP contribution >= 0.6 is 0 Å². The molecule has 2 aliphatic rings. The summed E-state index contributed by atoms with van der Waals surface area (Å²) in [5, 5.41) is 29.0. The van der Waals surface area contributed by atoms with Crippen molar-refractivity contribution in [3.05, 3.63) is 53.9 Å². The normalized spacial score (nSPS) is 17.2. The van der Waals surface area contributed by atoms with Crippen molar-refractivity contribution in [2.45, 2.75) is 50.6 Å². The third kappa shape index (κ3) is 5.17. The Balaban J connectivity index is 1.42. The largest absolute Gasteiger partial charge is 0.573 e. The van der Waals surface area contributed by atoms with Crippen LogP contribution in [0.2, 0.25) is 0 Å². The Hall–Kier alpha value is -3.88. The van der Waals surface area contributed by atoms with Gasteiger partial charge in [0, 0.05) is 35.8 Å². The van der Waals surface area contributed by atoms with Crippen LogP contribution in [0.4, 0.5) is 13.2 Å². The van der Waals surface area contributed by atoms with Gasteiger partial charge >= 0.3 is 6.36 Å². The fourth-order valence-corrected chi connectivity index (χ4v) is 5.72. The minimum Gasteiger partial charge on any atom is -0.405 e. The average Bonchev–Trinajstić information content (AvgIpc) is 3.59. The predicted octanol–water partition coefficient (Wildman–Crippen LogP) is 5.11. The van der Waals surface area contributed by atoms with Crippen molar-refractivity contribution in [3.63, 3.8) is 0 Å². The van der Waals surface area contributed by atoms with E-state index in [1.165, 1.54) is 12.1 Å². The molecule has 40 heavy (non-hydrogen) atoms. The maximum absolute atomic E-state index is 13.3. The van der Waals surface area contributed by atoms with Crippen LogP contribution in [0, 0.1) is 17.2 Å². The molecule has 8 nitrogen and oxygen atoms in total. The third-order valence-electron chi connectivity index (χ3n) is 7.84. The van der Waals surface area contributed by atoms with Gasteiger partial charge in [-0.25, -0.2) is 4.98 Å². The second-order valence-electron chi connectivity index (χ2n) is 10.6. The number of halogens is 3. The van der Waals surface area contributed by atoms with Gasteiger partial charge in [0.1, 0.15) is 11.6 Å². The van der Waals surface area contributed by atoms with Gasteiger partial charge in [0.2, 0.25) is 0 Å². The van der Waals surface area contributed by atoms with Gasteiger partial charge in [-0.3, -0.25) is 4.68 Å². The monoisotopic (exact) mass is 550 g/mol. The topological polar surface area (TPSA) is 101 Å². The van der Waals surface area contributed by atoms with Gasteiger partial charge in [-0.1, -0.05) is 12.1 Å². The Bertz CT molecular complexity index is 1590. The van der Waals surface area contributed by atoms with Crippen LogP contribution in [-0.4, -0.2) is 50.0 Å². The Morgan fingerprint density at radius 3 is 2.62 bits per heavy atom. The first-order valence-corrected chi connectivity index (χ1v) is 13.4. The number of rotatable bonds is 7. The van der Waals surface area contributed by atoms with Gasteiger partial charge in [-0.15, -0.1) is 13.2 Å². The van der Waals surface area contributed by atoms with Crippen molar-refractivity contribution in [2.24, 2.45) is 13.0 Å². The summed E-state index contributed by atoms with van der Waals surface area (Å²) in [6, 6.07) is 11.6. The van der Waals surface area contributed by atoms with Gasteiger partial charge < -0.3 is 19.7 Å². The van der Waals surface area contributed by atoms with E-state index in [4.69, 9.17) is 10.1 Å². The first-order chi connectivity index (χ1) is 19.2. The van der Waals surface area contributed by atoms with Crippen LogP contribution in [0.5, 0.6) is 5.75 Å². The number of piperidine rings is 1. The summed E-state index contributed by atoms with van der Waals surface area (Å²) in [6.45, 7) is 2.17. The number of alkyl halides is 3. The molecule has 1 unspecified atom stereocenters. The van der Waals surface area contributed by atoms with Crippen LogP contribution in [0.1, 0.15) is 42.9 Å². The number of aromatic nitrogens is 4. The number of nitriles is 1. The highest BCUT2D eigenvalue weighted by Gasteiger charge is 2.36. The Kier molecular flexibility index (Phi) is 6.76. The highest BCUT2D eigenvalue weighted by molar-refractivity contribution is 5.94. The molecule has 0 bridgehead atoms. The number of ether oxygens (including phenoxy) is 1. The molecule has 1 saturated heterocycles. The average molecular weight is 551 g/mol. The molecule has 208 valence electrons. The molecule has 0 radical (unpaired) electrons. The van der Waals surface area contributed by atoms with Crippen LogP contribution < -0.4 is 10.1 Å². The van der Waals surface area contributed by atoms with Crippen molar-refractivity contribution in [1.29, 1.82) is 5.26 Å². The molecule has 11 heteroatoms. The molecule has 4 aromatic rings. The summed E-state index contributed by atoms with van der Waals surface area (Å²) in [5.74, 6) is 0.310. The zero-order valence-electron chi connectivity index (χ0n) is 21.9. The fraction of sp³-hybridized carbons (Fsp3) is 0.414. The quantitative estimate of drug-likeness (QED) is 0.332. The van der Waals surface area contributed by atoms with Crippen molar-refractivity contribution in [1.82, 2.24) is 24.6 Å². The van der Waals surface area contributed by atoms with E-state index in [9.17, 15) is 23.5 Å². The summed E-state index contributed by atoms with van der Waals surface area (Å²) >= 11 is 0. The van der Waals surface area contributed by atoms with Crippen molar-refractivity contribution in [3.8, 4) is 34.5 Å². The Morgan fingerprint density at radius 2 is 1.93 bits per heavy atom. The highest BCUT2D eigenvalue weighted by Crippen LogP contribution is 2.47. The number of nitrogens with one attached hydrogen (secondary N) is 1. The zero-order valence-corrected chi connectivity index (χ0v) is 21.9. The van der Waals surface area contributed by atoms with Gasteiger partial charge in [0.25, 0.3) is 0 Å². The maximum Gasteiger partial charge on any atom is 0.573 e. The fourth-order valence-electron chi connectivity index (χ4n) is 5.72. The molecule has 3 heterocycles. The summed E-state index contributed by atoms with van der Waals surface area (Å²) in [5.41, 5.74) is 3.42. The lowest BCUT2D eigenvalue weighted by Gasteiger charge is -2.27. The molecule has 2 aromatic heterocycles.